The van der Waals surface area contributed by atoms with Crippen LogP contribution in [0.4, 0.5) is 0 Å². The van der Waals surface area contributed by atoms with Crippen molar-refractivity contribution in [3.63, 3.8) is 0 Å². The van der Waals surface area contributed by atoms with Crippen molar-refractivity contribution in [1.29, 1.82) is 0 Å². The molecule has 1 aliphatic rings. The summed E-state index contributed by atoms with van der Waals surface area (Å²) in [6, 6.07) is 0.279. The van der Waals surface area contributed by atoms with Crippen LogP contribution in [0.15, 0.2) is 0 Å². The minimum absolute atomic E-state index is 0.0935. The minimum atomic E-state index is -0.226. The molecule has 3 nitrogen and oxygen atoms in total. The van der Waals surface area contributed by atoms with Crippen LogP contribution in [0.3, 0.4) is 0 Å². The Morgan fingerprint density at radius 1 is 1.18 bits per heavy atom. The van der Waals surface area contributed by atoms with Crippen LogP contribution in [0.2, 0.25) is 0 Å². The highest BCUT2D eigenvalue weighted by atomic mass is 16.3. The normalized spacial score (nSPS) is 25.4. The Labute approximate surface area is 67.2 Å². The Balaban J connectivity index is 2.45. The van der Waals surface area contributed by atoms with E-state index in [9.17, 15) is 0 Å². The SMILES string of the molecule is NC1CCC(CO)(CO)CC1. The van der Waals surface area contributed by atoms with E-state index in [0.29, 0.717) is 0 Å². The van der Waals surface area contributed by atoms with Gasteiger partial charge in [-0.05, 0) is 25.7 Å². The number of nitrogens with two attached hydrogens (primary N) is 1. The summed E-state index contributed by atoms with van der Waals surface area (Å²) in [5.74, 6) is 0. The molecule has 0 heterocycles. The molecule has 0 saturated heterocycles. The highest BCUT2D eigenvalue weighted by Gasteiger charge is 2.32. The maximum absolute atomic E-state index is 9.03. The summed E-state index contributed by atoms with van der Waals surface area (Å²) >= 11 is 0. The van der Waals surface area contributed by atoms with Crippen LogP contribution in [0.5, 0.6) is 0 Å². The van der Waals surface area contributed by atoms with Crippen molar-refractivity contribution in [2.75, 3.05) is 13.2 Å². The topological polar surface area (TPSA) is 66.5 Å². The quantitative estimate of drug-likeness (QED) is 0.525. The Hall–Kier alpha value is -0.120. The zero-order valence-electron chi connectivity index (χ0n) is 6.79. The lowest BCUT2D eigenvalue weighted by molar-refractivity contribution is 0.0195. The van der Waals surface area contributed by atoms with Crippen molar-refractivity contribution in [2.24, 2.45) is 11.1 Å². The lowest BCUT2D eigenvalue weighted by Gasteiger charge is -2.36. The largest absolute Gasteiger partial charge is 0.396 e. The molecule has 1 rings (SSSR count). The highest BCUT2D eigenvalue weighted by molar-refractivity contribution is 4.85. The number of hydrogen-bond acceptors (Lipinski definition) is 3. The Morgan fingerprint density at radius 3 is 2.00 bits per heavy atom. The monoisotopic (exact) mass is 159 g/mol. The lowest BCUT2D eigenvalue weighted by atomic mass is 9.74. The van der Waals surface area contributed by atoms with E-state index >= 15 is 0 Å². The van der Waals surface area contributed by atoms with E-state index in [-0.39, 0.29) is 24.7 Å². The fraction of sp³-hybridized carbons (Fsp3) is 1.00. The second kappa shape index (κ2) is 3.52. The van der Waals surface area contributed by atoms with E-state index in [1.807, 2.05) is 0 Å². The standard InChI is InChI=1S/C8H17NO2/c9-7-1-3-8(5-10,6-11)4-2-7/h7,10-11H,1-6,9H2. The van der Waals surface area contributed by atoms with Gasteiger partial charge in [-0.1, -0.05) is 0 Å². The third kappa shape index (κ3) is 1.92. The first kappa shape index (κ1) is 8.97. The summed E-state index contributed by atoms with van der Waals surface area (Å²) in [7, 11) is 0. The fourth-order valence-electron chi connectivity index (χ4n) is 1.62. The summed E-state index contributed by atoms with van der Waals surface area (Å²) in [5, 5.41) is 18.1. The maximum atomic E-state index is 9.03. The van der Waals surface area contributed by atoms with Gasteiger partial charge in [-0.25, -0.2) is 0 Å². The van der Waals surface area contributed by atoms with Gasteiger partial charge in [0, 0.05) is 11.5 Å². The Morgan fingerprint density at radius 2 is 1.64 bits per heavy atom. The molecule has 0 aromatic rings. The number of aliphatic hydroxyl groups is 2. The molecule has 0 aliphatic heterocycles. The van der Waals surface area contributed by atoms with Gasteiger partial charge in [0.1, 0.15) is 0 Å². The second-order valence-electron chi connectivity index (χ2n) is 3.65. The second-order valence-corrected chi connectivity index (χ2v) is 3.65. The van der Waals surface area contributed by atoms with Gasteiger partial charge < -0.3 is 15.9 Å². The lowest BCUT2D eigenvalue weighted by Crippen LogP contribution is -2.38. The molecular formula is C8H17NO2. The average Bonchev–Trinajstić information content (AvgIpc) is 2.07. The molecule has 0 aromatic heterocycles. The molecule has 3 heteroatoms. The van der Waals surface area contributed by atoms with Gasteiger partial charge in [-0.3, -0.25) is 0 Å². The van der Waals surface area contributed by atoms with Gasteiger partial charge in [0.15, 0.2) is 0 Å². The summed E-state index contributed by atoms with van der Waals surface area (Å²) in [5.41, 5.74) is 5.48. The van der Waals surface area contributed by atoms with Crippen molar-refractivity contribution in [1.82, 2.24) is 0 Å². The molecule has 1 saturated carbocycles. The third-order valence-electron chi connectivity index (χ3n) is 2.76. The van der Waals surface area contributed by atoms with Gasteiger partial charge >= 0.3 is 0 Å². The van der Waals surface area contributed by atoms with E-state index in [2.05, 4.69) is 0 Å². The summed E-state index contributed by atoms with van der Waals surface area (Å²) in [6.07, 6.45) is 3.59. The fourth-order valence-corrected chi connectivity index (χ4v) is 1.62. The maximum Gasteiger partial charge on any atom is 0.0509 e. The van der Waals surface area contributed by atoms with Crippen LogP contribution in [-0.2, 0) is 0 Å². The zero-order chi connectivity index (χ0) is 8.32. The Kier molecular flexibility index (Phi) is 2.87. The first-order valence-corrected chi connectivity index (χ1v) is 4.20. The molecule has 0 aromatic carbocycles. The molecule has 4 N–H and O–H groups in total. The molecule has 0 spiro atoms. The van der Waals surface area contributed by atoms with Crippen molar-refractivity contribution in [3.05, 3.63) is 0 Å². The molecular weight excluding hydrogens is 142 g/mol. The summed E-state index contributed by atoms with van der Waals surface area (Å²) in [4.78, 5) is 0. The van der Waals surface area contributed by atoms with Gasteiger partial charge in [0.25, 0.3) is 0 Å². The molecule has 0 unspecified atom stereocenters. The number of hydrogen-bond donors (Lipinski definition) is 3. The molecule has 0 amide bonds. The van der Waals surface area contributed by atoms with Gasteiger partial charge in [0.2, 0.25) is 0 Å². The summed E-state index contributed by atoms with van der Waals surface area (Å²) < 4.78 is 0. The minimum Gasteiger partial charge on any atom is -0.396 e. The van der Waals surface area contributed by atoms with Crippen molar-refractivity contribution < 1.29 is 10.2 Å². The van der Waals surface area contributed by atoms with E-state index in [1.54, 1.807) is 0 Å². The molecule has 0 radical (unpaired) electrons. The zero-order valence-corrected chi connectivity index (χ0v) is 6.79. The van der Waals surface area contributed by atoms with Crippen LogP contribution in [0.25, 0.3) is 0 Å². The molecule has 0 bridgehead atoms. The van der Waals surface area contributed by atoms with Crippen molar-refractivity contribution in [2.45, 2.75) is 31.7 Å². The van der Waals surface area contributed by atoms with Crippen LogP contribution in [0, 0.1) is 5.41 Å². The molecule has 1 aliphatic carbocycles. The van der Waals surface area contributed by atoms with Crippen molar-refractivity contribution in [3.8, 4) is 0 Å². The predicted octanol–water partition coefficient (Wildman–Crippen LogP) is -0.141. The van der Waals surface area contributed by atoms with Crippen LogP contribution in [-0.4, -0.2) is 29.5 Å². The smallest absolute Gasteiger partial charge is 0.0509 e. The number of rotatable bonds is 2. The molecule has 0 atom stereocenters. The van der Waals surface area contributed by atoms with E-state index in [1.165, 1.54) is 0 Å². The Bertz CT molecular complexity index is 113. The predicted molar refractivity (Wildman–Crippen MR) is 43.0 cm³/mol. The van der Waals surface area contributed by atoms with Crippen molar-refractivity contribution >= 4 is 0 Å². The van der Waals surface area contributed by atoms with E-state index in [0.717, 1.165) is 25.7 Å². The first-order valence-electron chi connectivity index (χ1n) is 4.20. The molecule has 11 heavy (non-hydrogen) atoms. The average molecular weight is 159 g/mol. The van der Waals surface area contributed by atoms with Gasteiger partial charge in [-0.15, -0.1) is 0 Å². The molecule has 1 fully saturated rings. The van der Waals surface area contributed by atoms with E-state index < -0.39 is 0 Å². The van der Waals surface area contributed by atoms with Gasteiger partial charge in [-0.2, -0.15) is 0 Å². The van der Waals surface area contributed by atoms with Crippen LogP contribution >= 0.6 is 0 Å². The third-order valence-corrected chi connectivity index (χ3v) is 2.76. The van der Waals surface area contributed by atoms with Crippen LogP contribution < -0.4 is 5.73 Å². The first-order chi connectivity index (χ1) is 5.22. The molecule has 66 valence electrons. The number of aliphatic hydroxyl groups excluding tert-OH is 2. The van der Waals surface area contributed by atoms with Gasteiger partial charge in [0.05, 0.1) is 13.2 Å². The highest BCUT2D eigenvalue weighted by Crippen LogP contribution is 2.34. The summed E-state index contributed by atoms with van der Waals surface area (Å²) in [6.45, 7) is 0.187. The van der Waals surface area contributed by atoms with Crippen LogP contribution in [0.1, 0.15) is 25.7 Å². The van der Waals surface area contributed by atoms with E-state index in [4.69, 9.17) is 15.9 Å².